The van der Waals surface area contributed by atoms with E-state index in [1.807, 2.05) is 13.8 Å². The number of rotatable bonds is 5. The second-order valence-corrected chi connectivity index (χ2v) is 6.26. The molecule has 116 valence electrons. The number of halogens is 2. The van der Waals surface area contributed by atoms with E-state index in [1.54, 1.807) is 6.92 Å². The number of amides is 1. The SMILES string of the molecule is CC(C)C(C)(CC(=O)O)NC(=O)C1CCC(F)(F)CC1. The van der Waals surface area contributed by atoms with Crippen LogP contribution in [0.3, 0.4) is 0 Å². The Bertz CT molecular complexity index is 375. The van der Waals surface area contributed by atoms with Crippen molar-refractivity contribution in [3.63, 3.8) is 0 Å². The van der Waals surface area contributed by atoms with Crippen LogP contribution in [0, 0.1) is 11.8 Å². The minimum atomic E-state index is -2.67. The molecule has 1 amide bonds. The second-order valence-electron chi connectivity index (χ2n) is 6.26. The highest BCUT2D eigenvalue weighted by atomic mass is 19.3. The molecule has 0 saturated heterocycles. The monoisotopic (exact) mass is 291 g/mol. The molecule has 1 fully saturated rings. The molecule has 0 aromatic carbocycles. The number of hydrogen-bond donors (Lipinski definition) is 2. The van der Waals surface area contributed by atoms with Crippen molar-refractivity contribution in [2.75, 3.05) is 0 Å². The van der Waals surface area contributed by atoms with Gasteiger partial charge in [-0.15, -0.1) is 0 Å². The molecule has 0 spiro atoms. The van der Waals surface area contributed by atoms with E-state index in [2.05, 4.69) is 5.32 Å². The third kappa shape index (κ3) is 4.42. The van der Waals surface area contributed by atoms with Crippen molar-refractivity contribution in [3.05, 3.63) is 0 Å². The summed E-state index contributed by atoms with van der Waals surface area (Å²) in [5.74, 6) is -4.47. The molecule has 0 aliphatic heterocycles. The average Bonchev–Trinajstić information content (AvgIpc) is 2.26. The van der Waals surface area contributed by atoms with Crippen LogP contribution < -0.4 is 5.32 Å². The van der Waals surface area contributed by atoms with E-state index in [-0.39, 0.29) is 43.9 Å². The highest BCUT2D eigenvalue weighted by molar-refractivity contribution is 5.80. The van der Waals surface area contributed by atoms with Gasteiger partial charge in [-0.05, 0) is 25.7 Å². The Balaban J connectivity index is 2.66. The first-order valence-electron chi connectivity index (χ1n) is 6.97. The molecule has 0 aromatic heterocycles. The zero-order chi connectivity index (χ0) is 15.6. The van der Waals surface area contributed by atoms with Crippen LogP contribution in [0.1, 0.15) is 52.9 Å². The number of carbonyl (C=O) groups excluding carboxylic acids is 1. The Hall–Kier alpha value is -1.20. The second kappa shape index (κ2) is 6.06. The summed E-state index contributed by atoms with van der Waals surface area (Å²) in [6.07, 6.45) is -0.426. The van der Waals surface area contributed by atoms with Crippen LogP contribution in [-0.2, 0) is 9.59 Å². The molecule has 1 aliphatic rings. The Labute approximate surface area is 117 Å². The van der Waals surface area contributed by atoms with Gasteiger partial charge in [-0.2, -0.15) is 0 Å². The van der Waals surface area contributed by atoms with Gasteiger partial charge in [0.15, 0.2) is 0 Å². The van der Waals surface area contributed by atoms with Crippen molar-refractivity contribution < 1.29 is 23.5 Å². The number of carbonyl (C=O) groups is 2. The van der Waals surface area contributed by atoms with Gasteiger partial charge in [0.25, 0.3) is 0 Å². The van der Waals surface area contributed by atoms with Crippen LogP contribution >= 0.6 is 0 Å². The van der Waals surface area contributed by atoms with Gasteiger partial charge in [0.2, 0.25) is 11.8 Å². The maximum atomic E-state index is 13.1. The first-order chi connectivity index (χ1) is 9.06. The van der Waals surface area contributed by atoms with Gasteiger partial charge in [-0.25, -0.2) is 8.78 Å². The van der Waals surface area contributed by atoms with Crippen LogP contribution in [0.2, 0.25) is 0 Å². The van der Waals surface area contributed by atoms with Gasteiger partial charge >= 0.3 is 5.97 Å². The lowest BCUT2D eigenvalue weighted by Crippen LogP contribution is -2.53. The lowest BCUT2D eigenvalue weighted by atomic mass is 9.82. The summed E-state index contributed by atoms with van der Waals surface area (Å²) in [6.45, 7) is 5.34. The van der Waals surface area contributed by atoms with Crippen molar-refractivity contribution in [2.45, 2.75) is 64.3 Å². The standard InChI is InChI=1S/C14H23F2NO3/c1-9(2)13(3,8-11(18)19)17-12(20)10-4-6-14(15,16)7-5-10/h9-10H,4-8H2,1-3H3,(H,17,20)(H,18,19). The zero-order valence-electron chi connectivity index (χ0n) is 12.2. The summed E-state index contributed by atoms with van der Waals surface area (Å²) in [4.78, 5) is 23.1. The normalized spacial score (nSPS) is 22.3. The van der Waals surface area contributed by atoms with Crippen molar-refractivity contribution in [2.24, 2.45) is 11.8 Å². The molecule has 0 heterocycles. The van der Waals surface area contributed by atoms with Gasteiger partial charge in [0.05, 0.1) is 6.42 Å². The highest BCUT2D eigenvalue weighted by Crippen LogP contribution is 2.36. The van der Waals surface area contributed by atoms with Gasteiger partial charge in [0.1, 0.15) is 0 Å². The van der Waals surface area contributed by atoms with E-state index in [1.165, 1.54) is 0 Å². The largest absolute Gasteiger partial charge is 0.481 e. The van der Waals surface area contributed by atoms with E-state index in [0.717, 1.165) is 0 Å². The molecule has 0 radical (unpaired) electrons. The minimum Gasteiger partial charge on any atom is -0.481 e. The predicted molar refractivity (Wildman–Crippen MR) is 70.5 cm³/mol. The lowest BCUT2D eigenvalue weighted by Gasteiger charge is -2.36. The molecule has 1 saturated carbocycles. The van der Waals surface area contributed by atoms with Crippen molar-refractivity contribution in [1.29, 1.82) is 0 Å². The molecule has 0 bridgehead atoms. The molecular weight excluding hydrogens is 268 g/mol. The topological polar surface area (TPSA) is 66.4 Å². The van der Waals surface area contributed by atoms with Crippen LogP contribution in [0.25, 0.3) is 0 Å². The first kappa shape index (κ1) is 16.9. The van der Waals surface area contributed by atoms with E-state index >= 15 is 0 Å². The minimum absolute atomic E-state index is 0.0624. The molecule has 1 unspecified atom stereocenters. The molecule has 6 heteroatoms. The van der Waals surface area contributed by atoms with Crippen LogP contribution in [0.4, 0.5) is 8.78 Å². The van der Waals surface area contributed by atoms with E-state index in [0.29, 0.717) is 0 Å². The van der Waals surface area contributed by atoms with Crippen molar-refractivity contribution in [1.82, 2.24) is 5.32 Å². The van der Waals surface area contributed by atoms with Crippen molar-refractivity contribution in [3.8, 4) is 0 Å². The number of nitrogens with one attached hydrogen (secondary N) is 1. The Morgan fingerprint density at radius 1 is 1.35 bits per heavy atom. The summed E-state index contributed by atoms with van der Waals surface area (Å²) in [5.41, 5.74) is -0.858. The number of hydrogen-bond acceptors (Lipinski definition) is 2. The Morgan fingerprint density at radius 2 is 1.85 bits per heavy atom. The van der Waals surface area contributed by atoms with Crippen LogP contribution in [0.5, 0.6) is 0 Å². The third-order valence-corrected chi connectivity index (χ3v) is 4.29. The summed E-state index contributed by atoms with van der Waals surface area (Å²) in [6, 6.07) is 0. The number of aliphatic carboxylic acids is 1. The van der Waals surface area contributed by atoms with E-state index < -0.39 is 23.3 Å². The summed E-state index contributed by atoms with van der Waals surface area (Å²) in [7, 11) is 0. The third-order valence-electron chi connectivity index (χ3n) is 4.29. The van der Waals surface area contributed by atoms with Gasteiger partial charge < -0.3 is 10.4 Å². The molecule has 1 atom stereocenters. The molecule has 1 aliphatic carbocycles. The molecule has 4 nitrogen and oxygen atoms in total. The quantitative estimate of drug-likeness (QED) is 0.818. The Kier molecular flexibility index (Phi) is 5.10. The molecular formula is C14H23F2NO3. The fourth-order valence-electron chi connectivity index (χ4n) is 2.39. The predicted octanol–water partition coefficient (Wildman–Crippen LogP) is 2.82. The van der Waals surface area contributed by atoms with E-state index in [9.17, 15) is 18.4 Å². The fourth-order valence-corrected chi connectivity index (χ4v) is 2.39. The summed E-state index contributed by atoms with van der Waals surface area (Å²) in [5, 5.41) is 11.7. The van der Waals surface area contributed by atoms with Gasteiger partial charge in [0, 0.05) is 24.3 Å². The maximum absolute atomic E-state index is 13.1. The van der Waals surface area contributed by atoms with Crippen LogP contribution in [0.15, 0.2) is 0 Å². The summed E-state index contributed by atoms with van der Waals surface area (Å²) >= 11 is 0. The number of carboxylic acid groups (broad SMARTS) is 1. The first-order valence-corrected chi connectivity index (χ1v) is 6.97. The zero-order valence-corrected chi connectivity index (χ0v) is 12.2. The lowest BCUT2D eigenvalue weighted by molar-refractivity contribution is -0.140. The fraction of sp³-hybridized carbons (Fsp3) is 0.857. The molecule has 0 aromatic rings. The highest BCUT2D eigenvalue weighted by Gasteiger charge is 2.40. The Morgan fingerprint density at radius 3 is 2.25 bits per heavy atom. The smallest absolute Gasteiger partial charge is 0.305 e. The van der Waals surface area contributed by atoms with Crippen LogP contribution in [-0.4, -0.2) is 28.4 Å². The van der Waals surface area contributed by atoms with Gasteiger partial charge in [-0.1, -0.05) is 13.8 Å². The molecule has 2 N–H and O–H groups in total. The maximum Gasteiger partial charge on any atom is 0.305 e. The summed E-state index contributed by atoms with van der Waals surface area (Å²) < 4.78 is 26.1. The van der Waals surface area contributed by atoms with E-state index in [4.69, 9.17) is 5.11 Å². The number of carboxylic acids is 1. The van der Waals surface area contributed by atoms with Gasteiger partial charge in [-0.3, -0.25) is 9.59 Å². The number of alkyl halides is 2. The molecule has 20 heavy (non-hydrogen) atoms. The van der Waals surface area contributed by atoms with Crippen molar-refractivity contribution >= 4 is 11.9 Å². The molecule has 1 rings (SSSR count). The average molecular weight is 291 g/mol.